The monoisotopic (exact) mass is 168 g/mol. The van der Waals surface area contributed by atoms with Crippen LogP contribution in [-0.2, 0) is 0 Å². The fourth-order valence-corrected chi connectivity index (χ4v) is 1.86. The van der Waals surface area contributed by atoms with Crippen LogP contribution in [0.3, 0.4) is 0 Å². The van der Waals surface area contributed by atoms with Gasteiger partial charge in [-0.05, 0) is 12.0 Å². The lowest BCUT2D eigenvalue weighted by molar-refractivity contribution is 0.337. The van der Waals surface area contributed by atoms with Gasteiger partial charge in [0.25, 0.3) is 0 Å². The topological polar surface area (TPSA) is 0 Å². The second kappa shape index (κ2) is 5.13. The van der Waals surface area contributed by atoms with Crippen LogP contribution < -0.4 is 0 Å². The van der Waals surface area contributed by atoms with Crippen molar-refractivity contribution in [2.24, 2.45) is 5.92 Å². The van der Waals surface area contributed by atoms with E-state index in [0.717, 1.165) is 0 Å². The maximum atomic E-state index is 13.0. The third-order valence-electron chi connectivity index (χ3n) is 2.51. The zero-order valence-corrected chi connectivity index (χ0v) is 7.56. The fourth-order valence-electron chi connectivity index (χ4n) is 1.86. The normalized spacial score (nSPS) is 20.9. The molecule has 0 aromatic carbocycles. The Bertz CT molecular complexity index is 164. The van der Waals surface area contributed by atoms with E-state index in [-0.39, 0.29) is 5.83 Å². The lowest BCUT2D eigenvalue weighted by atomic mass is 9.87. The van der Waals surface area contributed by atoms with Crippen LogP contribution >= 0.6 is 0 Å². The summed E-state index contributed by atoms with van der Waals surface area (Å²) in [4.78, 5) is 0. The van der Waals surface area contributed by atoms with Gasteiger partial charge in [0.15, 0.2) is 0 Å². The first-order valence-electron chi connectivity index (χ1n) is 4.80. The van der Waals surface area contributed by atoms with E-state index >= 15 is 0 Å². The summed E-state index contributed by atoms with van der Waals surface area (Å²) in [5.41, 5.74) is 0. The zero-order valence-electron chi connectivity index (χ0n) is 7.56. The van der Waals surface area contributed by atoms with Crippen LogP contribution in [0.25, 0.3) is 0 Å². The smallest absolute Gasteiger partial charge is 0.100 e. The highest BCUT2D eigenvalue weighted by Gasteiger charge is 2.14. The quantitative estimate of drug-likeness (QED) is 0.559. The Morgan fingerprint density at radius 1 is 1.33 bits per heavy atom. The highest BCUT2D eigenvalue weighted by atomic mass is 19.1. The van der Waals surface area contributed by atoms with Gasteiger partial charge in [-0.3, -0.25) is 0 Å². The van der Waals surface area contributed by atoms with E-state index in [9.17, 15) is 4.39 Å². The number of hydrogen-bond donors (Lipinski definition) is 0. The van der Waals surface area contributed by atoms with Gasteiger partial charge in [-0.1, -0.05) is 44.8 Å². The molecule has 0 spiro atoms. The molecule has 12 heavy (non-hydrogen) atoms. The van der Waals surface area contributed by atoms with Crippen molar-refractivity contribution >= 4 is 0 Å². The van der Waals surface area contributed by atoms with E-state index < -0.39 is 0 Å². The molecule has 0 aromatic rings. The third-order valence-corrected chi connectivity index (χ3v) is 2.51. The predicted octanol–water partition coefficient (Wildman–Crippen LogP) is 4.00. The molecule has 1 fully saturated rings. The predicted molar refractivity (Wildman–Crippen MR) is 50.6 cm³/mol. The maximum Gasteiger partial charge on any atom is 0.100 e. The molecule has 1 aliphatic rings. The van der Waals surface area contributed by atoms with Crippen molar-refractivity contribution < 1.29 is 4.39 Å². The van der Waals surface area contributed by atoms with E-state index in [1.165, 1.54) is 44.3 Å². The molecule has 0 atom stereocenters. The van der Waals surface area contributed by atoms with Crippen LogP contribution in [0.1, 0.15) is 38.5 Å². The molecule has 1 rings (SSSR count). The van der Waals surface area contributed by atoms with E-state index in [4.69, 9.17) is 0 Å². The van der Waals surface area contributed by atoms with Gasteiger partial charge in [0.05, 0.1) is 0 Å². The first-order chi connectivity index (χ1) is 5.83. The van der Waals surface area contributed by atoms with Crippen molar-refractivity contribution in [3.63, 3.8) is 0 Å². The molecule has 1 saturated carbocycles. The van der Waals surface area contributed by atoms with Gasteiger partial charge in [-0.25, -0.2) is 4.39 Å². The molecule has 0 aromatic heterocycles. The Labute approximate surface area is 74.2 Å². The number of rotatable bonds is 3. The van der Waals surface area contributed by atoms with Gasteiger partial charge in [-0.15, -0.1) is 0 Å². The van der Waals surface area contributed by atoms with E-state index in [1.54, 1.807) is 0 Å². The Morgan fingerprint density at radius 3 is 2.58 bits per heavy atom. The van der Waals surface area contributed by atoms with Crippen molar-refractivity contribution in [3.05, 3.63) is 24.6 Å². The molecule has 68 valence electrons. The molecule has 0 saturated heterocycles. The largest absolute Gasteiger partial charge is 0.212 e. The zero-order chi connectivity index (χ0) is 8.81. The fraction of sp³-hybridized carbons (Fsp3) is 0.636. The van der Waals surface area contributed by atoms with Gasteiger partial charge in [0, 0.05) is 6.42 Å². The van der Waals surface area contributed by atoms with Crippen LogP contribution in [0.15, 0.2) is 24.6 Å². The molecule has 0 radical (unpaired) electrons. The molecule has 1 heteroatoms. The van der Waals surface area contributed by atoms with Crippen molar-refractivity contribution in [2.75, 3.05) is 0 Å². The number of allylic oxidation sites excluding steroid dienone is 3. The summed E-state index contributed by atoms with van der Waals surface area (Å²) in [5.74, 6) is 0.590. The summed E-state index contributed by atoms with van der Waals surface area (Å²) < 4.78 is 13.0. The highest BCUT2D eigenvalue weighted by Crippen LogP contribution is 2.29. The summed E-state index contributed by atoms with van der Waals surface area (Å²) in [5, 5.41) is 0. The van der Waals surface area contributed by atoms with Crippen molar-refractivity contribution in [2.45, 2.75) is 38.5 Å². The van der Waals surface area contributed by atoms with E-state index in [1.807, 2.05) is 0 Å². The van der Waals surface area contributed by atoms with Crippen LogP contribution in [0, 0.1) is 5.92 Å². The van der Waals surface area contributed by atoms with Crippen molar-refractivity contribution in [1.82, 2.24) is 0 Å². The SMILES string of the molecule is C=C/C=C(/F)CC1CCCCC1. The summed E-state index contributed by atoms with van der Waals surface area (Å²) in [6.07, 6.45) is 9.96. The molecular formula is C11H17F. The summed E-state index contributed by atoms with van der Waals surface area (Å²) in [6, 6.07) is 0. The Kier molecular flexibility index (Phi) is 4.06. The second-order valence-electron chi connectivity index (χ2n) is 3.56. The Morgan fingerprint density at radius 2 is 2.00 bits per heavy atom. The molecule has 0 heterocycles. The lowest BCUT2D eigenvalue weighted by Gasteiger charge is -2.20. The molecular weight excluding hydrogens is 151 g/mol. The highest BCUT2D eigenvalue weighted by molar-refractivity contribution is 5.04. The molecule has 0 unspecified atom stereocenters. The van der Waals surface area contributed by atoms with Gasteiger partial charge in [0.1, 0.15) is 5.83 Å². The van der Waals surface area contributed by atoms with Crippen LogP contribution in [0.2, 0.25) is 0 Å². The van der Waals surface area contributed by atoms with Crippen molar-refractivity contribution in [1.29, 1.82) is 0 Å². The van der Waals surface area contributed by atoms with E-state index in [0.29, 0.717) is 12.3 Å². The number of halogens is 1. The Balaban J connectivity index is 2.28. The molecule has 0 aliphatic heterocycles. The Hall–Kier alpha value is -0.590. The number of hydrogen-bond acceptors (Lipinski definition) is 0. The standard InChI is InChI=1S/C11H17F/c1-2-6-11(12)9-10-7-4-3-5-8-10/h2,6,10H,1,3-5,7-9H2/b11-6+. The van der Waals surface area contributed by atoms with Gasteiger partial charge in [-0.2, -0.15) is 0 Å². The minimum Gasteiger partial charge on any atom is -0.212 e. The first kappa shape index (κ1) is 9.50. The average Bonchev–Trinajstić information content (AvgIpc) is 2.06. The van der Waals surface area contributed by atoms with Gasteiger partial charge in [0.2, 0.25) is 0 Å². The molecule has 0 amide bonds. The second-order valence-corrected chi connectivity index (χ2v) is 3.56. The maximum absolute atomic E-state index is 13.0. The molecule has 1 aliphatic carbocycles. The summed E-state index contributed by atoms with van der Waals surface area (Å²) in [6.45, 7) is 3.48. The van der Waals surface area contributed by atoms with Gasteiger partial charge < -0.3 is 0 Å². The van der Waals surface area contributed by atoms with Crippen molar-refractivity contribution in [3.8, 4) is 0 Å². The van der Waals surface area contributed by atoms with Crippen LogP contribution in [0.5, 0.6) is 0 Å². The third kappa shape index (κ3) is 3.21. The molecule has 0 N–H and O–H groups in total. The molecule has 0 nitrogen and oxygen atoms in total. The van der Waals surface area contributed by atoms with E-state index in [2.05, 4.69) is 6.58 Å². The van der Waals surface area contributed by atoms with Crippen LogP contribution in [0.4, 0.5) is 4.39 Å². The van der Waals surface area contributed by atoms with Crippen LogP contribution in [-0.4, -0.2) is 0 Å². The summed E-state index contributed by atoms with van der Waals surface area (Å²) >= 11 is 0. The minimum absolute atomic E-state index is 0.00287. The molecule has 0 bridgehead atoms. The average molecular weight is 168 g/mol. The summed E-state index contributed by atoms with van der Waals surface area (Å²) in [7, 11) is 0. The first-order valence-corrected chi connectivity index (χ1v) is 4.80. The van der Waals surface area contributed by atoms with Gasteiger partial charge >= 0.3 is 0 Å². The lowest BCUT2D eigenvalue weighted by Crippen LogP contribution is -2.05. The minimum atomic E-state index is -0.00287.